The van der Waals surface area contributed by atoms with Crippen LogP contribution in [0.2, 0.25) is 0 Å². The Hall–Kier alpha value is -1.12. The van der Waals surface area contributed by atoms with Crippen LogP contribution in [0.4, 0.5) is 5.82 Å². The lowest BCUT2D eigenvalue weighted by Gasteiger charge is -2.43. The van der Waals surface area contributed by atoms with Gasteiger partial charge in [-0.05, 0) is 41.9 Å². The summed E-state index contributed by atoms with van der Waals surface area (Å²) in [5.74, 6) is 2.30. The molecule has 110 valence electrons. The van der Waals surface area contributed by atoms with Crippen LogP contribution in [0, 0.1) is 16.7 Å². The zero-order valence-electron chi connectivity index (χ0n) is 13.4. The van der Waals surface area contributed by atoms with Gasteiger partial charge in [-0.3, -0.25) is 0 Å². The monoisotopic (exact) mass is 273 g/mol. The number of anilines is 1. The van der Waals surface area contributed by atoms with E-state index in [1.165, 1.54) is 19.3 Å². The number of hydrogen-bond donors (Lipinski definition) is 1. The Balaban J connectivity index is 1.86. The van der Waals surface area contributed by atoms with Gasteiger partial charge in [-0.25, -0.2) is 9.97 Å². The Kier molecular flexibility index (Phi) is 3.07. The van der Waals surface area contributed by atoms with Crippen molar-refractivity contribution in [2.75, 3.05) is 5.32 Å². The van der Waals surface area contributed by atoms with Crippen molar-refractivity contribution in [3.05, 3.63) is 18.1 Å². The molecule has 0 saturated heterocycles. The zero-order valence-corrected chi connectivity index (χ0v) is 13.4. The fourth-order valence-electron chi connectivity index (χ4n) is 4.58. The van der Waals surface area contributed by atoms with E-state index in [2.05, 4.69) is 56.0 Å². The second-order valence-electron chi connectivity index (χ2n) is 7.98. The smallest absolute Gasteiger partial charge is 0.129 e. The molecule has 2 saturated carbocycles. The van der Waals surface area contributed by atoms with Crippen molar-refractivity contribution >= 4 is 5.82 Å². The minimum Gasteiger partial charge on any atom is -0.366 e. The van der Waals surface area contributed by atoms with Crippen molar-refractivity contribution in [2.24, 2.45) is 16.7 Å². The van der Waals surface area contributed by atoms with Crippen LogP contribution in [0.15, 0.2) is 12.4 Å². The van der Waals surface area contributed by atoms with Crippen LogP contribution in [-0.4, -0.2) is 16.0 Å². The van der Waals surface area contributed by atoms with Crippen molar-refractivity contribution in [1.29, 1.82) is 0 Å². The number of aromatic nitrogens is 2. The van der Waals surface area contributed by atoms with Crippen molar-refractivity contribution in [3.8, 4) is 0 Å². The lowest BCUT2D eigenvalue weighted by atomic mass is 9.68. The molecular formula is C17H27N3. The van der Waals surface area contributed by atoms with Crippen LogP contribution >= 0.6 is 0 Å². The highest BCUT2D eigenvalue weighted by Crippen LogP contribution is 2.63. The Morgan fingerprint density at radius 1 is 1.25 bits per heavy atom. The summed E-state index contributed by atoms with van der Waals surface area (Å²) in [6.07, 6.45) is 5.80. The minimum absolute atomic E-state index is 0.357. The van der Waals surface area contributed by atoms with Crippen LogP contribution in [-0.2, 0) is 0 Å². The maximum absolute atomic E-state index is 4.44. The highest BCUT2D eigenvalue weighted by Gasteiger charge is 2.59. The summed E-state index contributed by atoms with van der Waals surface area (Å²) in [6.45, 7) is 11.6. The Labute approximate surface area is 122 Å². The summed E-state index contributed by atoms with van der Waals surface area (Å²) >= 11 is 0. The van der Waals surface area contributed by atoms with Crippen molar-refractivity contribution in [2.45, 2.75) is 65.8 Å². The lowest BCUT2D eigenvalue weighted by Crippen LogP contribution is -2.46. The molecule has 0 spiro atoms. The Bertz CT molecular complexity index is 504. The molecule has 3 nitrogen and oxygen atoms in total. The second kappa shape index (κ2) is 4.44. The van der Waals surface area contributed by atoms with Gasteiger partial charge in [-0.2, -0.15) is 0 Å². The molecule has 3 rings (SSSR count). The molecule has 2 aliphatic carbocycles. The third kappa shape index (κ3) is 2.02. The quantitative estimate of drug-likeness (QED) is 0.895. The molecular weight excluding hydrogens is 246 g/mol. The molecule has 20 heavy (non-hydrogen) atoms. The molecule has 1 aromatic heterocycles. The maximum atomic E-state index is 4.44. The average molecular weight is 273 g/mol. The van der Waals surface area contributed by atoms with E-state index in [4.69, 9.17) is 0 Å². The van der Waals surface area contributed by atoms with Gasteiger partial charge in [-0.1, -0.05) is 34.6 Å². The van der Waals surface area contributed by atoms with E-state index in [1.54, 1.807) is 6.33 Å². The number of rotatable bonds is 3. The van der Waals surface area contributed by atoms with E-state index in [0.717, 1.165) is 17.4 Å². The van der Waals surface area contributed by atoms with E-state index in [0.29, 0.717) is 22.8 Å². The molecule has 0 aromatic carbocycles. The standard InChI is InChI=1S/C17H27N3/c1-11(2)13-8-14(19-10-18-13)20-15-16(3,4)12-6-7-17(15,5)9-12/h8,10-12,15H,6-7,9H2,1-5H3,(H,18,19,20). The number of fused-ring (bicyclic) bond motifs is 2. The second-order valence-corrected chi connectivity index (χ2v) is 7.98. The largest absolute Gasteiger partial charge is 0.366 e. The first kappa shape index (κ1) is 13.8. The van der Waals surface area contributed by atoms with Gasteiger partial charge in [0.05, 0.1) is 0 Å². The Morgan fingerprint density at radius 2 is 2.00 bits per heavy atom. The summed E-state index contributed by atoms with van der Waals surface area (Å²) in [4.78, 5) is 8.81. The summed E-state index contributed by atoms with van der Waals surface area (Å²) in [5, 5.41) is 3.75. The molecule has 3 heteroatoms. The molecule has 0 aliphatic heterocycles. The predicted molar refractivity (Wildman–Crippen MR) is 82.8 cm³/mol. The van der Waals surface area contributed by atoms with E-state index in [-0.39, 0.29) is 0 Å². The lowest BCUT2D eigenvalue weighted by molar-refractivity contribution is 0.155. The summed E-state index contributed by atoms with van der Waals surface area (Å²) in [7, 11) is 0. The first-order valence-corrected chi connectivity index (χ1v) is 7.91. The molecule has 1 aromatic rings. The van der Waals surface area contributed by atoms with Gasteiger partial charge in [0.2, 0.25) is 0 Å². The first-order chi connectivity index (χ1) is 9.33. The molecule has 3 unspecified atom stereocenters. The highest BCUT2D eigenvalue weighted by atomic mass is 15.1. The molecule has 2 fully saturated rings. The Morgan fingerprint density at radius 3 is 2.60 bits per heavy atom. The molecule has 3 atom stereocenters. The number of hydrogen-bond acceptors (Lipinski definition) is 3. The zero-order chi connectivity index (χ0) is 14.5. The fourth-order valence-corrected chi connectivity index (χ4v) is 4.58. The van der Waals surface area contributed by atoms with Crippen LogP contribution in [0.25, 0.3) is 0 Å². The van der Waals surface area contributed by atoms with Gasteiger partial charge in [0.15, 0.2) is 0 Å². The van der Waals surface area contributed by atoms with Crippen molar-refractivity contribution in [3.63, 3.8) is 0 Å². The van der Waals surface area contributed by atoms with Crippen LogP contribution < -0.4 is 5.32 Å². The van der Waals surface area contributed by atoms with Crippen LogP contribution in [0.5, 0.6) is 0 Å². The van der Waals surface area contributed by atoms with E-state index < -0.39 is 0 Å². The molecule has 0 radical (unpaired) electrons. The average Bonchev–Trinajstić information content (AvgIpc) is 2.86. The van der Waals surface area contributed by atoms with E-state index >= 15 is 0 Å². The van der Waals surface area contributed by atoms with E-state index in [9.17, 15) is 0 Å². The van der Waals surface area contributed by atoms with Gasteiger partial charge < -0.3 is 5.32 Å². The predicted octanol–water partition coefficient (Wildman–Crippen LogP) is 4.23. The molecule has 1 heterocycles. The topological polar surface area (TPSA) is 37.8 Å². The summed E-state index contributed by atoms with van der Waals surface area (Å²) in [5.41, 5.74) is 1.90. The fraction of sp³-hybridized carbons (Fsp3) is 0.765. The van der Waals surface area contributed by atoms with Crippen LogP contribution in [0.1, 0.15) is 65.5 Å². The SMILES string of the molecule is CC(C)c1cc(NC2C3(C)CCC(C3)C2(C)C)ncn1. The summed E-state index contributed by atoms with van der Waals surface area (Å²) < 4.78 is 0. The molecule has 0 amide bonds. The molecule has 1 N–H and O–H groups in total. The molecule has 2 aliphatic rings. The normalized spacial score (nSPS) is 34.7. The third-order valence-electron chi connectivity index (χ3n) is 5.84. The van der Waals surface area contributed by atoms with Gasteiger partial charge in [0.1, 0.15) is 12.1 Å². The summed E-state index contributed by atoms with van der Waals surface area (Å²) in [6, 6.07) is 2.64. The van der Waals surface area contributed by atoms with E-state index in [1.807, 2.05) is 0 Å². The van der Waals surface area contributed by atoms with Crippen molar-refractivity contribution < 1.29 is 0 Å². The van der Waals surface area contributed by atoms with Crippen molar-refractivity contribution in [1.82, 2.24) is 9.97 Å². The number of nitrogens with one attached hydrogen (secondary N) is 1. The van der Waals surface area contributed by atoms with Crippen LogP contribution in [0.3, 0.4) is 0 Å². The van der Waals surface area contributed by atoms with Gasteiger partial charge in [-0.15, -0.1) is 0 Å². The first-order valence-electron chi connectivity index (χ1n) is 7.91. The van der Waals surface area contributed by atoms with Gasteiger partial charge in [0, 0.05) is 17.8 Å². The van der Waals surface area contributed by atoms with Gasteiger partial charge in [0.25, 0.3) is 0 Å². The maximum Gasteiger partial charge on any atom is 0.129 e. The number of nitrogens with zero attached hydrogens (tertiary/aromatic N) is 2. The highest BCUT2D eigenvalue weighted by molar-refractivity contribution is 5.39. The minimum atomic E-state index is 0.357. The van der Waals surface area contributed by atoms with Gasteiger partial charge >= 0.3 is 0 Å². The molecule has 2 bridgehead atoms. The third-order valence-corrected chi connectivity index (χ3v) is 5.84.